The highest BCUT2D eigenvalue weighted by atomic mass is 16.5. The molecule has 2 saturated heterocycles. The molecule has 2 fully saturated rings. The minimum absolute atomic E-state index is 0.00314. The molecule has 16 heavy (non-hydrogen) atoms. The van der Waals surface area contributed by atoms with Crippen LogP contribution in [0.4, 0.5) is 0 Å². The van der Waals surface area contributed by atoms with Crippen LogP contribution in [0, 0.1) is 0 Å². The smallest absolute Gasteiger partial charge is 0.0749 e. The van der Waals surface area contributed by atoms with Gasteiger partial charge in [-0.3, -0.25) is 9.80 Å². The van der Waals surface area contributed by atoms with Crippen molar-refractivity contribution in [1.82, 2.24) is 9.80 Å². The Balaban J connectivity index is 1.85. The number of ether oxygens (including phenoxy) is 1. The van der Waals surface area contributed by atoms with Crippen molar-refractivity contribution in [3.63, 3.8) is 0 Å². The summed E-state index contributed by atoms with van der Waals surface area (Å²) in [5.74, 6) is 0. The summed E-state index contributed by atoms with van der Waals surface area (Å²) in [6.07, 6.45) is 4.21. The van der Waals surface area contributed by atoms with Gasteiger partial charge in [0.15, 0.2) is 0 Å². The molecule has 3 heteroatoms. The summed E-state index contributed by atoms with van der Waals surface area (Å²) in [5.41, 5.74) is -0.00314. The summed E-state index contributed by atoms with van der Waals surface area (Å²) in [6, 6.07) is 0.815. The molecule has 2 heterocycles. The van der Waals surface area contributed by atoms with Crippen LogP contribution in [-0.2, 0) is 4.74 Å². The van der Waals surface area contributed by atoms with Crippen molar-refractivity contribution in [2.45, 2.75) is 44.8 Å². The maximum absolute atomic E-state index is 5.52. The van der Waals surface area contributed by atoms with E-state index in [9.17, 15) is 0 Å². The Labute approximate surface area is 99.7 Å². The Kier molecular flexibility index (Phi) is 3.88. The molecule has 2 rings (SSSR count). The molecule has 2 aliphatic heterocycles. The van der Waals surface area contributed by atoms with Crippen molar-refractivity contribution in [2.24, 2.45) is 0 Å². The van der Waals surface area contributed by atoms with Gasteiger partial charge in [-0.05, 0) is 33.2 Å². The van der Waals surface area contributed by atoms with E-state index in [1.807, 2.05) is 7.11 Å². The zero-order chi connectivity index (χ0) is 11.6. The van der Waals surface area contributed by atoms with Crippen LogP contribution in [0.5, 0.6) is 0 Å². The molecule has 0 aromatic carbocycles. The van der Waals surface area contributed by atoms with Crippen LogP contribution in [0.15, 0.2) is 0 Å². The largest absolute Gasteiger partial charge is 0.377 e. The number of methoxy groups -OCH3 is 1. The first kappa shape index (κ1) is 12.3. The number of fused-ring (bicyclic) bond motifs is 1. The van der Waals surface area contributed by atoms with Crippen LogP contribution < -0.4 is 0 Å². The molecule has 0 bridgehead atoms. The van der Waals surface area contributed by atoms with E-state index in [1.54, 1.807) is 0 Å². The molecule has 0 saturated carbocycles. The van der Waals surface area contributed by atoms with Crippen molar-refractivity contribution in [1.29, 1.82) is 0 Å². The lowest BCUT2D eigenvalue weighted by Gasteiger charge is -2.45. The number of piperazine rings is 1. The van der Waals surface area contributed by atoms with Gasteiger partial charge in [0, 0.05) is 39.3 Å². The summed E-state index contributed by atoms with van der Waals surface area (Å²) in [7, 11) is 1.82. The Morgan fingerprint density at radius 3 is 2.75 bits per heavy atom. The highest BCUT2D eigenvalue weighted by molar-refractivity contribution is 4.87. The predicted octanol–water partition coefficient (Wildman–Crippen LogP) is 1.58. The van der Waals surface area contributed by atoms with E-state index in [-0.39, 0.29) is 5.60 Å². The first-order chi connectivity index (χ1) is 7.61. The van der Waals surface area contributed by atoms with Gasteiger partial charge < -0.3 is 4.74 Å². The second kappa shape index (κ2) is 5.03. The number of hydrogen-bond donors (Lipinski definition) is 0. The van der Waals surface area contributed by atoms with Crippen molar-refractivity contribution in [3.05, 3.63) is 0 Å². The van der Waals surface area contributed by atoms with E-state index in [0.29, 0.717) is 0 Å². The fraction of sp³-hybridized carbons (Fsp3) is 1.00. The average Bonchev–Trinajstić information content (AvgIpc) is 2.28. The van der Waals surface area contributed by atoms with E-state index in [4.69, 9.17) is 4.74 Å². The first-order valence-electron chi connectivity index (χ1n) is 6.62. The van der Waals surface area contributed by atoms with Crippen molar-refractivity contribution in [2.75, 3.05) is 39.8 Å². The lowest BCUT2D eigenvalue weighted by Crippen LogP contribution is -2.57. The normalized spacial score (nSPS) is 29.1. The summed E-state index contributed by atoms with van der Waals surface area (Å²) in [6.45, 7) is 10.5. The highest BCUT2D eigenvalue weighted by Crippen LogP contribution is 2.22. The molecule has 0 amide bonds. The maximum atomic E-state index is 5.52. The molecule has 1 atom stereocenters. The highest BCUT2D eigenvalue weighted by Gasteiger charge is 2.31. The van der Waals surface area contributed by atoms with Gasteiger partial charge in [0.2, 0.25) is 0 Å². The van der Waals surface area contributed by atoms with Crippen molar-refractivity contribution >= 4 is 0 Å². The van der Waals surface area contributed by atoms with Crippen LogP contribution in [0.1, 0.15) is 33.1 Å². The maximum Gasteiger partial charge on any atom is 0.0749 e. The fourth-order valence-corrected chi connectivity index (χ4v) is 2.97. The molecule has 2 aliphatic rings. The van der Waals surface area contributed by atoms with Crippen LogP contribution in [0.25, 0.3) is 0 Å². The quantitative estimate of drug-likeness (QED) is 0.727. The van der Waals surface area contributed by atoms with E-state index in [1.165, 1.54) is 45.4 Å². The Bertz CT molecular complexity index is 230. The standard InChI is InChI=1S/C13H26N2O/c1-13(2,16-3)11-14-8-9-15-7-5-4-6-12(15)10-14/h12H,4-11H2,1-3H3. The third-order valence-corrected chi connectivity index (χ3v) is 4.08. The number of rotatable bonds is 3. The van der Waals surface area contributed by atoms with Crippen LogP contribution in [0.3, 0.4) is 0 Å². The van der Waals surface area contributed by atoms with Gasteiger partial charge in [-0.25, -0.2) is 0 Å². The summed E-state index contributed by atoms with van der Waals surface area (Å²) < 4.78 is 5.52. The molecule has 0 aromatic heterocycles. The number of hydrogen-bond acceptors (Lipinski definition) is 3. The second-order valence-electron chi connectivity index (χ2n) is 5.88. The van der Waals surface area contributed by atoms with E-state index in [2.05, 4.69) is 23.6 Å². The van der Waals surface area contributed by atoms with Crippen molar-refractivity contribution in [3.8, 4) is 0 Å². The zero-order valence-electron chi connectivity index (χ0n) is 11.0. The Morgan fingerprint density at radius 1 is 1.19 bits per heavy atom. The molecular weight excluding hydrogens is 200 g/mol. The molecule has 0 N–H and O–H groups in total. The molecule has 0 spiro atoms. The fourth-order valence-electron chi connectivity index (χ4n) is 2.97. The van der Waals surface area contributed by atoms with Crippen LogP contribution in [-0.4, -0.2) is 61.3 Å². The third-order valence-electron chi connectivity index (χ3n) is 4.08. The molecule has 94 valence electrons. The number of nitrogens with zero attached hydrogens (tertiary/aromatic N) is 2. The molecular formula is C13H26N2O. The van der Waals surface area contributed by atoms with Gasteiger partial charge in [-0.15, -0.1) is 0 Å². The van der Waals surface area contributed by atoms with Gasteiger partial charge in [0.25, 0.3) is 0 Å². The molecule has 0 aliphatic carbocycles. The van der Waals surface area contributed by atoms with E-state index < -0.39 is 0 Å². The van der Waals surface area contributed by atoms with Crippen LogP contribution >= 0.6 is 0 Å². The SMILES string of the molecule is COC(C)(C)CN1CCN2CCCCC2C1. The van der Waals surface area contributed by atoms with Gasteiger partial charge in [0.1, 0.15) is 0 Å². The predicted molar refractivity (Wildman–Crippen MR) is 66.7 cm³/mol. The summed E-state index contributed by atoms with van der Waals surface area (Å²) in [5, 5.41) is 0. The zero-order valence-corrected chi connectivity index (χ0v) is 11.0. The molecule has 0 radical (unpaired) electrons. The minimum atomic E-state index is -0.00314. The van der Waals surface area contributed by atoms with E-state index >= 15 is 0 Å². The topological polar surface area (TPSA) is 15.7 Å². The lowest BCUT2D eigenvalue weighted by atomic mass is 9.98. The summed E-state index contributed by atoms with van der Waals surface area (Å²) >= 11 is 0. The molecule has 0 aromatic rings. The first-order valence-corrected chi connectivity index (χ1v) is 6.62. The van der Waals surface area contributed by atoms with Crippen LogP contribution in [0.2, 0.25) is 0 Å². The van der Waals surface area contributed by atoms with E-state index in [0.717, 1.165) is 12.6 Å². The number of piperidine rings is 1. The van der Waals surface area contributed by atoms with Crippen molar-refractivity contribution < 1.29 is 4.74 Å². The Hall–Kier alpha value is -0.120. The second-order valence-corrected chi connectivity index (χ2v) is 5.88. The van der Waals surface area contributed by atoms with Gasteiger partial charge >= 0.3 is 0 Å². The molecule has 3 nitrogen and oxygen atoms in total. The third kappa shape index (κ3) is 2.96. The average molecular weight is 226 g/mol. The van der Waals surface area contributed by atoms with Gasteiger partial charge in [-0.2, -0.15) is 0 Å². The van der Waals surface area contributed by atoms with Gasteiger partial charge in [0.05, 0.1) is 5.60 Å². The minimum Gasteiger partial charge on any atom is -0.377 e. The Morgan fingerprint density at radius 2 is 2.00 bits per heavy atom. The summed E-state index contributed by atoms with van der Waals surface area (Å²) in [4.78, 5) is 5.26. The molecule has 1 unspecified atom stereocenters. The van der Waals surface area contributed by atoms with Gasteiger partial charge in [-0.1, -0.05) is 6.42 Å². The lowest BCUT2D eigenvalue weighted by molar-refractivity contribution is -0.0328. The monoisotopic (exact) mass is 226 g/mol.